The Morgan fingerprint density at radius 1 is 1.03 bits per heavy atom. The topological polar surface area (TPSA) is 99.7 Å². The maximum Gasteiger partial charge on any atom is 0.405 e. The average Bonchev–Trinajstić information content (AvgIpc) is 3.13. The number of rotatable bonds is 15. The molecule has 0 spiro atoms. The molecule has 0 aromatic heterocycles. The zero-order valence-corrected chi connectivity index (χ0v) is 24.8. The number of hydrogen-bond donors (Lipinski definition) is 2. The van der Waals surface area contributed by atoms with Gasteiger partial charge in [0.2, 0.25) is 5.91 Å². The number of halogens is 1. The van der Waals surface area contributed by atoms with Gasteiger partial charge >= 0.3 is 7.75 Å². The molecule has 2 aromatic rings. The van der Waals surface area contributed by atoms with Crippen molar-refractivity contribution in [3.05, 3.63) is 70.5 Å². The van der Waals surface area contributed by atoms with E-state index in [4.69, 9.17) is 9.05 Å². The molecular weight excluding hydrogens is 538 g/mol. The smallest absolute Gasteiger partial charge is 0.405 e. The highest BCUT2D eigenvalue weighted by atomic mass is 32.2. The quantitative estimate of drug-likeness (QED) is 0.146. The van der Waals surface area contributed by atoms with Gasteiger partial charge in [-0.25, -0.2) is 14.0 Å². The van der Waals surface area contributed by atoms with Crippen LogP contribution < -0.4 is 10.4 Å². The van der Waals surface area contributed by atoms with Crippen LogP contribution in [0.2, 0.25) is 0 Å². The molecule has 0 bridgehead atoms. The van der Waals surface area contributed by atoms with Crippen LogP contribution in [0.25, 0.3) is 17.2 Å². The molecule has 212 valence electrons. The molecule has 1 atom stereocenters. The Balaban J connectivity index is 1.57. The average molecular weight is 577 g/mol. The number of allylic oxidation sites excluding steroid dienone is 2. The van der Waals surface area contributed by atoms with Crippen molar-refractivity contribution in [2.24, 2.45) is 0 Å². The third-order valence-corrected chi connectivity index (χ3v) is 9.14. The minimum absolute atomic E-state index is 0.120. The van der Waals surface area contributed by atoms with Gasteiger partial charge in [0.05, 0.1) is 19.6 Å². The van der Waals surface area contributed by atoms with Gasteiger partial charge in [-0.15, -0.1) is 0 Å². The van der Waals surface area contributed by atoms with Crippen molar-refractivity contribution in [1.82, 2.24) is 10.4 Å². The Hall–Kier alpha value is -2.26. The second-order valence-corrected chi connectivity index (χ2v) is 12.4. The van der Waals surface area contributed by atoms with Crippen LogP contribution in [-0.2, 0) is 29.6 Å². The van der Waals surface area contributed by atoms with Gasteiger partial charge < -0.3 is 9.87 Å². The van der Waals surface area contributed by atoms with Gasteiger partial charge in [-0.1, -0.05) is 12.5 Å². The number of carbonyl (C=O) groups excluding carboxylic acids is 1. The molecule has 0 heterocycles. The summed E-state index contributed by atoms with van der Waals surface area (Å²) in [5.41, 5.74) is 5.26. The normalized spacial score (nSPS) is 15.1. The van der Waals surface area contributed by atoms with Crippen LogP contribution >= 0.6 is 7.75 Å². The summed E-state index contributed by atoms with van der Waals surface area (Å²) in [6.45, 7) is 7.10. The predicted molar refractivity (Wildman–Crippen MR) is 156 cm³/mol. The summed E-state index contributed by atoms with van der Waals surface area (Å²) in [6, 6.07) is 12.2. The maximum absolute atomic E-state index is 14.2. The third kappa shape index (κ3) is 8.87. The zero-order valence-electron chi connectivity index (χ0n) is 23.1. The molecule has 0 radical (unpaired) electrons. The SMILES string of the molecule is CCOP(=O)(NCCCCCNC(=O)CC1=C(C)/C(=C/c2ccc([S+](C)[O-])cc2)c2ccc(F)cc21)OCC. The highest BCUT2D eigenvalue weighted by Crippen LogP contribution is 2.44. The van der Waals surface area contributed by atoms with Crippen molar-refractivity contribution >= 4 is 42.1 Å². The highest BCUT2D eigenvalue weighted by Gasteiger charge is 2.26. The lowest BCUT2D eigenvalue weighted by Crippen LogP contribution is -2.24. The van der Waals surface area contributed by atoms with E-state index in [1.807, 2.05) is 37.3 Å². The molecule has 0 fully saturated rings. The monoisotopic (exact) mass is 576 g/mol. The van der Waals surface area contributed by atoms with Crippen LogP contribution in [0.15, 0.2) is 52.9 Å². The van der Waals surface area contributed by atoms with Gasteiger partial charge in [-0.2, -0.15) is 0 Å². The van der Waals surface area contributed by atoms with Gasteiger partial charge in [0.15, 0.2) is 4.90 Å². The molecular formula is C29H38FN2O5PS. The van der Waals surface area contributed by atoms with E-state index in [-0.39, 0.29) is 18.1 Å². The minimum Gasteiger partial charge on any atom is -0.612 e. The van der Waals surface area contributed by atoms with E-state index in [0.717, 1.165) is 57.6 Å². The largest absolute Gasteiger partial charge is 0.612 e. The van der Waals surface area contributed by atoms with Gasteiger partial charge in [-0.3, -0.25) is 13.8 Å². The minimum atomic E-state index is -3.25. The maximum atomic E-state index is 14.2. The van der Waals surface area contributed by atoms with Gasteiger partial charge in [0, 0.05) is 13.1 Å². The van der Waals surface area contributed by atoms with Crippen molar-refractivity contribution in [2.75, 3.05) is 32.6 Å². The van der Waals surface area contributed by atoms with Gasteiger partial charge in [-0.05, 0) is 121 Å². The van der Waals surface area contributed by atoms with Crippen LogP contribution in [0, 0.1) is 5.82 Å². The Kier molecular flexibility index (Phi) is 12.0. The Morgan fingerprint density at radius 3 is 2.33 bits per heavy atom. The van der Waals surface area contributed by atoms with E-state index in [9.17, 15) is 18.3 Å². The van der Waals surface area contributed by atoms with Crippen molar-refractivity contribution in [3.8, 4) is 0 Å². The van der Waals surface area contributed by atoms with Gasteiger partial charge in [0.25, 0.3) is 0 Å². The Bertz CT molecular complexity index is 1240. The van der Waals surface area contributed by atoms with E-state index in [2.05, 4.69) is 10.4 Å². The highest BCUT2D eigenvalue weighted by molar-refractivity contribution is 7.90. The number of carbonyl (C=O) groups is 1. The Morgan fingerprint density at radius 2 is 1.69 bits per heavy atom. The fourth-order valence-corrected chi connectivity index (χ4v) is 6.35. The standard InChI is InChI=1S/C29H38FN2O5PS/c1-5-36-38(34,37-6-2)32-17-9-7-8-16-31-29(33)20-27-21(3)26(25-15-12-23(30)19-28(25)27)18-22-10-13-24(14-11-22)39(4)35/h10-15,18-19H,5-9,16-17,20H2,1-4H3,(H,31,33)(H,32,34)/b26-18-. The summed E-state index contributed by atoms with van der Waals surface area (Å²) in [5, 5.41) is 5.83. The van der Waals surface area contributed by atoms with Gasteiger partial charge in [0.1, 0.15) is 12.1 Å². The second kappa shape index (κ2) is 14.9. The molecule has 10 heteroatoms. The van der Waals surface area contributed by atoms with Crippen molar-refractivity contribution in [1.29, 1.82) is 0 Å². The number of benzene rings is 2. The van der Waals surface area contributed by atoms with E-state index in [1.54, 1.807) is 26.2 Å². The molecule has 39 heavy (non-hydrogen) atoms. The molecule has 1 aliphatic carbocycles. The summed E-state index contributed by atoms with van der Waals surface area (Å²) in [4.78, 5) is 13.6. The lowest BCUT2D eigenvalue weighted by Gasteiger charge is -2.17. The van der Waals surface area contributed by atoms with E-state index < -0.39 is 18.9 Å². The molecule has 0 saturated heterocycles. The number of hydrogen-bond acceptors (Lipinski definition) is 5. The van der Waals surface area contributed by atoms with E-state index in [0.29, 0.717) is 26.3 Å². The van der Waals surface area contributed by atoms with Crippen LogP contribution in [-0.4, -0.2) is 43.0 Å². The van der Waals surface area contributed by atoms with Crippen LogP contribution in [0.5, 0.6) is 0 Å². The van der Waals surface area contributed by atoms with E-state index >= 15 is 0 Å². The van der Waals surface area contributed by atoms with Crippen molar-refractivity contribution in [2.45, 2.75) is 51.3 Å². The number of nitrogens with one attached hydrogen (secondary N) is 2. The fraction of sp³-hybridized carbons (Fsp3) is 0.414. The summed E-state index contributed by atoms with van der Waals surface area (Å²) in [5.74, 6) is -0.465. The molecule has 1 aliphatic rings. The van der Waals surface area contributed by atoms with Crippen LogP contribution in [0.3, 0.4) is 0 Å². The Labute approximate surface area is 234 Å². The summed E-state index contributed by atoms with van der Waals surface area (Å²) in [7, 11) is -3.25. The lowest BCUT2D eigenvalue weighted by atomic mass is 10.0. The van der Waals surface area contributed by atoms with Crippen LogP contribution in [0.4, 0.5) is 4.39 Å². The molecule has 7 nitrogen and oxygen atoms in total. The first-order valence-corrected chi connectivity index (χ1v) is 16.3. The first-order valence-electron chi connectivity index (χ1n) is 13.2. The first-order chi connectivity index (χ1) is 18.7. The number of fused-ring (bicyclic) bond motifs is 1. The van der Waals surface area contributed by atoms with E-state index in [1.165, 1.54) is 12.1 Å². The molecule has 1 unspecified atom stereocenters. The molecule has 2 N–H and O–H groups in total. The molecule has 0 aliphatic heterocycles. The summed E-state index contributed by atoms with van der Waals surface area (Å²) in [6.07, 6.45) is 6.18. The summed E-state index contributed by atoms with van der Waals surface area (Å²) >= 11 is -1.05. The zero-order chi connectivity index (χ0) is 28.4. The third-order valence-electron chi connectivity index (χ3n) is 6.39. The number of amides is 1. The molecule has 0 saturated carbocycles. The van der Waals surface area contributed by atoms with Crippen LogP contribution in [0.1, 0.15) is 63.1 Å². The summed E-state index contributed by atoms with van der Waals surface area (Å²) < 4.78 is 48.7. The first kappa shape index (κ1) is 31.3. The second-order valence-electron chi connectivity index (χ2n) is 9.20. The lowest BCUT2D eigenvalue weighted by molar-refractivity contribution is -0.120. The predicted octanol–water partition coefficient (Wildman–Crippen LogP) is 6.34. The fourth-order valence-electron chi connectivity index (χ4n) is 4.47. The molecule has 3 rings (SSSR count). The van der Waals surface area contributed by atoms with Crippen molar-refractivity contribution < 1.29 is 27.4 Å². The number of unbranched alkanes of at least 4 members (excludes halogenated alkanes) is 2. The molecule has 2 aromatic carbocycles. The molecule has 1 amide bonds. The van der Waals surface area contributed by atoms with Crippen molar-refractivity contribution in [3.63, 3.8) is 0 Å².